The number of amides is 1. The number of thiazole rings is 1. The molecular weight excluding hydrogens is 367 g/mol. The first-order valence-corrected chi connectivity index (χ1v) is 9.01. The molecular formula is C20H17FN2O3S. The first-order valence-electron chi connectivity index (χ1n) is 8.19. The van der Waals surface area contributed by atoms with Crippen LogP contribution in [-0.2, 0) is 4.79 Å². The number of Topliss-reactive ketones (excluding diaryl/α,β-unsaturated/α-hetero) is 1. The Hall–Kier alpha value is -3.06. The van der Waals surface area contributed by atoms with E-state index in [1.807, 2.05) is 19.1 Å². The topological polar surface area (TPSA) is 68.3 Å². The summed E-state index contributed by atoms with van der Waals surface area (Å²) in [6.45, 7) is 3.17. The Morgan fingerprint density at radius 3 is 2.37 bits per heavy atom. The summed E-state index contributed by atoms with van der Waals surface area (Å²) in [5.41, 5.74) is 2.10. The fraction of sp³-hybridized carbons (Fsp3) is 0.150. The predicted molar refractivity (Wildman–Crippen MR) is 103 cm³/mol. The van der Waals surface area contributed by atoms with Crippen molar-refractivity contribution in [1.29, 1.82) is 0 Å². The van der Waals surface area contributed by atoms with Gasteiger partial charge in [-0.25, -0.2) is 9.37 Å². The Morgan fingerprint density at radius 1 is 1.11 bits per heavy atom. The van der Waals surface area contributed by atoms with Crippen LogP contribution in [0.5, 0.6) is 5.75 Å². The molecule has 138 valence electrons. The smallest absolute Gasteiger partial charge is 0.262 e. The number of rotatable bonds is 6. The van der Waals surface area contributed by atoms with Crippen LogP contribution in [0.3, 0.4) is 0 Å². The van der Waals surface area contributed by atoms with Gasteiger partial charge in [0.1, 0.15) is 16.6 Å². The lowest BCUT2D eigenvalue weighted by atomic mass is 10.2. The number of ketones is 1. The molecule has 0 radical (unpaired) electrons. The van der Waals surface area contributed by atoms with E-state index >= 15 is 0 Å². The molecule has 1 N–H and O–H groups in total. The number of benzene rings is 2. The molecule has 5 nitrogen and oxygen atoms in total. The van der Waals surface area contributed by atoms with Crippen molar-refractivity contribution < 1.29 is 18.7 Å². The van der Waals surface area contributed by atoms with E-state index in [9.17, 15) is 14.0 Å². The Kier molecular flexibility index (Phi) is 5.61. The number of carbonyl (C=O) groups excluding carboxylic acids is 2. The highest BCUT2D eigenvalue weighted by atomic mass is 32.1. The van der Waals surface area contributed by atoms with Gasteiger partial charge in [0.2, 0.25) is 0 Å². The van der Waals surface area contributed by atoms with E-state index in [1.54, 1.807) is 12.1 Å². The van der Waals surface area contributed by atoms with Crippen LogP contribution >= 0.6 is 11.3 Å². The maximum absolute atomic E-state index is 12.9. The van der Waals surface area contributed by atoms with Crippen molar-refractivity contribution in [2.75, 3.05) is 11.9 Å². The van der Waals surface area contributed by atoms with Crippen LogP contribution in [0.15, 0.2) is 48.5 Å². The summed E-state index contributed by atoms with van der Waals surface area (Å²) in [5.74, 6) is -0.168. The van der Waals surface area contributed by atoms with Crippen molar-refractivity contribution in [3.05, 3.63) is 64.9 Å². The zero-order valence-electron chi connectivity index (χ0n) is 14.8. The van der Waals surface area contributed by atoms with Crippen molar-refractivity contribution in [1.82, 2.24) is 4.98 Å². The Labute approximate surface area is 159 Å². The van der Waals surface area contributed by atoms with Crippen LogP contribution in [0, 0.1) is 12.7 Å². The minimum absolute atomic E-state index is 0.00312. The third-order valence-corrected chi connectivity index (χ3v) is 5.02. The minimum Gasteiger partial charge on any atom is -0.484 e. The average molecular weight is 384 g/mol. The van der Waals surface area contributed by atoms with Gasteiger partial charge in [0, 0.05) is 18.2 Å². The minimum atomic E-state index is -0.366. The standard InChI is InChI=1S/C20H17FN2O3S/c1-12-19(13(2)24)27-20(22-12)14-3-9-17(10-4-14)26-11-18(25)23-16-7-5-15(21)6-8-16/h3-10H,11H2,1-2H3,(H,23,25). The number of aryl methyl sites for hydroxylation is 1. The molecule has 27 heavy (non-hydrogen) atoms. The molecule has 0 aliphatic heterocycles. The third kappa shape index (κ3) is 4.77. The van der Waals surface area contributed by atoms with Crippen LogP contribution in [0.1, 0.15) is 22.3 Å². The lowest BCUT2D eigenvalue weighted by molar-refractivity contribution is -0.118. The van der Waals surface area contributed by atoms with Crippen LogP contribution < -0.4 is 10.1 Å². The first kappa shape index (κ1) is 18.7. The van der Waals surface area contributed by atoms with Gasteiger partial charge >= 0.3 is 0 Å². The Bertz CT molecular complexity index is 966. The van der Waals surface area contributed by atoms with Crippen molar-refractivity contribution in [2.45, 2.75) is 13.8 Å². The molecule has 0 aliphatic carbocycles. The average Bonchev–Trinajstić information content (AvgIpc) is 3.04. The van der Waals surface area contributed by atoms with Gasteiger partial charge in [0.15, 0.2) is 12.4 Å². The van der Waals surface area contributed by atoms with Crippen molar-refractivity contribution in [3.8, 4) is 16.3 Å². The van der Waals surface area contributed by atoms with Gasteiger partial charge in [-0.15, -0.1) is 11.3 Å². The Morgan fingerprint density at radius 2 is 1.78 bits per heavy atom. The summed E-state index contributed by atoms with van der Waals surface area (Å²) >= 11 is 1.35. The molecule has 2 aromatic carbocycles. The molecule has 3 aromatic rings. The molecule has 0 bridgehead atoms. The van der Waals surface area contributed by atoms with Gasteiger partial charge in [-0.2, -0.15) is 0 Å². The van der Waals surface area contributed by atoms with Crippen LogP contribution in [0.4, 0.5) is 10.1 Å². The molecule has 0 unspecified atom stereocenters. The largest absolute Gasteiger partial charge is 0.484 e. The molecule has 0 saturated carbocycles. The summed E-state index contributed by atoms with van der Waals surface area (Å²) < 4.78 is 18.3. The monoisotopic (exact) mass is 384 g/mol. The van der Waals surface area contributed by atoms with Gasteiger partial charge in [-0.1, -0.05) is 0 Å². The number of hydrogen-bond donors (Lipinski definition) is 1. The fourth-order valence-electron chi connectivity index (χ4n) is 2.42. The molecule has 7 heteroatoms. The normalized spacial score (nSPS) is 10.5. The van der Waals surface area contributed by atoms with E-state index in [0.717, 1.165) is 16.3 Å². The highest BCUT2D eigenvalue weighted by molar-refractivity contribution is 7.17. The molecule has 0 atom stereocenters. The maximum Gasteiger partial charge on any atom is 0.262 e. The molecule has 1 amide bonds. The summed E-state index contributed by atoms with van der Waals surface area (Å²) in [6, 6.07) is 12.6. The quantitative estimate of drug-likeness (QED) is 0.637. The number of anilines is 1. The first-order chi connectivity index (χ1) is 12.9. The highest BCUT2D eigenvalue weighted by Crippen LogP contribution is 2.29. The number of hydrogen-bond acceptors (Lipinski definition) is 5. The third-order valence-electron chi connectivity index (χ3n) is 3.72. The predicted octanol–water partition coefficient (Wildman–Crippen LogP) is 4.48. The zero-order valence-corrected chi connectivity index (χ0v) is 15.6. The molecule has 0 saturated heterocycles. The Balaban J connectivity index is 1.59. The summed E-state index contributed by atoms with van der Waals surface area (Å²) in [7, 11) is 0. The molecule has 1 aromatic heterocycles. The maximum atomic E-state index is 12.9. The number of carbonyl (C=O) groups is 2. The lowest BCUT2D eigenvalue weighted by Gasteiger charge is -2.08. The SMILES string of the molecule is CC(=O)c1sc(-c2ccc(OCC(=O)Nc3ccc(F)cc3)cc2)nc1C. The number of nitrogens with one attached hydrogen (secondary N) is 1. The zero-order chi connectivity index (χ0) is 19.4. The second-order valence-electron chi connectivity index (χ2n) is 5.86. The number of nitrogens with zero attached hydrogens (tertiary/aromatic N) is 1. The molecule has 1 heterocycles. The van der Waals surface area contributed by atoms with E-state index in [-0.39, 0.29) is 24.1 Å². The number of aromatic nitrogens is 1. The molecule has 0 spiro atoms. The van der Waals surface area contributed by atoms with E-state index in [2.05, 4.69) is 10.3 Å². The van der Waals surface area contributed by atoms with Crippen LogP contribution in [-0.4, -0.2) is 23.3 Å². The van der Waals surface area contributed by atoms with E-state index in [4.69, 9.17) is 4.74 Å². The van der Waals surface area contributed by atoms with Crippen molar-refractivity contribution in [3.63, 3.8) is 0 Å². The molecule has 0 aliphatic rings. The van der Waals surface area contributed by atoms with E-state index in [0.29, 0.717) is 16.3 Å². The molecule has 0 fully saturated rings. The van der Waals surface area contributed by atoms with Gasteiger partial charge in [-0.3, -0.25) is 9.59 Å². The summed E-state index contributed by atoms with van der Waals surface area (Å²) in [5, 5.41) is 3.39. The fourth-order valence-corrected chi connectivity index (χ4v) is 3.39. The lowest BCUT2D eigenvalue weighted by Crippen LogP contribution is -2.20. The van der Waals surface area contributed by atoms with Crippen LogP contribution in [0.25, 0.3) is 10.6 Å². The second kappa shape index (κ2) is 8.09. The summed E-state index contributed by atoms with van der Waals surface area (Å²) in [6.07, 6.45) is 0. The molecule has 3 rings (SSSR count). The van der Waals surface area contributed by atoms with E-state index in [1.165, 1.54) is 42.5 Å². The highest BCUT2D eigenvalue weighted by Gasteiger charge is 2.13. The van der Waals surface area contributed by atoms with Gasteiger partial charge in [0.05, 0.1) is 10.6 Å². The number of halogens is 1. The van der Waals surface area contributed by atoms with Crippen LogP contribution in [0.2, 0.25) is 0 Å². The second-order valence-corrected chi connectivity index (χ2v) is 6.86. The van der Waals surface area contributed by atoms with Gasteiger partial charge < -0.3 is 10.1 Å². The van der Waals surface area contributed by atoms with Gasteiger partial charge in [-0.05, 0) is 55.5 Å². The van der Waals surface area contributed by atoms with Crippen molar-refractivity contribution in [2.24, 2.45) is 0 Å². The van der Waals surface area contributed by atoms with E-state index < -0.39 is 0 Å². The van der Waals surface area contributed by atoms with Gasteiger partial charge in [0.25, 0.3) is 5.91 Å². The summed E-state index contributed by atoms with van der Waals surface area (Å²) in [4.78, 5) is 28.5. The number of ether oxygens (including phenoxy) is 1. The van der Waals surface area contributed by atoms with Crippen molar-refractivity contribution >= 4 is 28.7 Å².